The summed E-state index contributed by atoms with van der Waals surface area (Å²) in [5, 5.41) is 67.2. The van der Waals surface area contributed by atoms with Gasteiger partial charge in [0, 0.05) is 11.8 Å². The fourth-order valence-electron chi connectivity index (χ4n) is 10.8. The van der Waals surface area contributed by atoms with Gasteiger partial charge in [0.2, 0.25) is 0 Å². The van der Waals surface area contributed by atoms with E-state index in [-0.39, 0.29) is 30.6 Å². The normalized spacial score (nSPS) is 44.5. The lowest BCUT2D eigenvalue weighted by molar-refractivity contribution is -0.234. The third-order valence-electron chi connectivity index (χ3n) is 13.9. The molecule has 2 aliphatic carbocycles. The Bertz CT molecular complexity index is 1530. The van der Waals surface area contributed by atoms with E-state index in [2.05, 4.69) is 26.0 Å². The van der Waals surface area contributed by atoms with Crippen LogP contribution in [0, 0.1) is 35.0 Å². The van der Waals surface area contributed by atoms with Gasteiger partial charge in [0.1, 0.15) is 24.4 Å². The largest absolute Gasteiger partial charge is 0.455 e. The Kier molecular flexibility index (Phi) is 16.4. The molecule has 5 bridgehead atoms. The van der Waals surface area contributed by atoms with Gasteiger partial charge in [-0.25, -0.2) is 4.18 Å². The minimum Gasteiger partial charge on any atom is -0.455 e. The predicted octanol–water partition coefficient (Wildman–Crippen LogP) is 4.87. The van der Waals surface area contributed by atoms with Gasteiger partial charge in [0.05, 0.1) is 43.0 Å². The Morgan fingerprint density at radius 2 is 1.53 bits per heavy atom. The molecule has 0 aromatic heterocycles. The molecule has 1 saturated heterocycles. The summed E-state index contributed by atoms with van der Waals surface area (Å²) in [4.78, 5) is 13.2. The van der Waals surface area contributed by atoms with E-state index in [9.17, 15) is 48.4 Å². The first kappa shape index (κ1) is 46.3. The van der Waals surface area contributed by atoms with Gasteiger partial charge in [0.25, 0.3) is 0 Å². The topological polar surface area (TPSA) is 221 Å². The molecule has 13 nitrogen and oxygen atoms in total. The van der Waals surface area contributed by atoms with Crippen molar-refractivity contribution in [2.75, 3.05) is 0 Å². The summed E-state index contributed by atoms with van der Waals surface area (Å²) in [6.45, 7) is 7.99. The molecule has 1 spiro atoms. The molecule has 7 N–H and O–H groups in total. The average molecular weight is 827 g/mol. The first-order valence-corrected chi connectivity index (χ1v) is 22.9. The molecule has 1 fully saturated rings. The van der Waals surface area contributed by atoms with Crippen LogP contribution < -0.4 is 0 Å². The van der Waals surface area contributed by atoms with Gasteiger partial charge in [-0.05, 0) is 119 Å². The maximum Gasteiger partial charge on any atom is 0.397 e. The second-order valence-corrected chi connectivity index (χ2v) is 19.4. The molecule has 16 atom stereocenters. The van der Waals surface area contributed by atoms with Crippen molar-refractivity contribution in [1.82, 2.24) is 0 Å². The number of carbonyl (C=O) groups is 1. The standard InChI is InChI=1S/C43H70O13S/c1-25-9-7-12-30-13-8-10-28(4)43(30)18-17-29-21-31(43)11-5-6-14-35(54-37(47)24-34(46)23-33(45)22-29)38(48)26(2)20-36-42(56-57(51,52)53)40(50)39(49)41(55-36)27(3)19-32(44)16-15-25/h6,13-14,21,25-28,31-36,38-42,44-46,48-50H,5,7-12,15-20,22-24H2,1-4H3,(H,51,52,53)/b14-6-/t25?,26?,27?,28?,31?,32?,33-,34-,35-,36?,38+,39?,40?,41?,42?,43?/m0/s1. The molecule has 326 valence electrons. The van der Waals surface area contributed by atoms with E-state index >= 15 is 0 Å². The number of carbonyl (C=O) groups excluding carboxylic acids is 1. The lowest BCUT2D eigenvalue weighted by Gasteiger charge is -2.52. The molecule has 3 aliphatic heterocycles. The summed E-state index contributed by atoms with van der Waals surface area (Å²) in [6, 6.07) is 0. The Balaban J connectivity index is 1.51. The monoisotopic (exact) mass is 826 g/mol. The number of hydrogen-bond acceptors (Lipinski definition) is 12. The highest BCUT2D eigenvalue weighted by Crippen LogP contribution is 2.57. The van der Waals surface area contributed by atoms with Gasteiger partial charge in [-0.1, -0.05) is 63.5 Å². The number of allylic oxidation sites excluding steroid dienone is 4. The number of fused-ring (bicyclic) bond motifs is 5. The maximum atomic E-state index is 13.2. The zero-order valence-corrected chi connectivity index (χ0v) is 35.1. The van der Waals surface area contributed by atoms with Crippen LogP contribution in [0.5, 0.6) is 0 Å². The molecule has 57 heavy (non-hydrogen) atoms. The van der Waals surface area contributed by atoms with Crippen LogP contribution in [0.3, 0.4) is 0 Å². The molecule has 0 aromatic rings. The van der Waals surface area contributed by atoms with Crippen LogP contribution in [0.25, 0.3) is 0 Å². The highest BCUT2D eigenvalue weighted by atomic mass is 32.3. The number of hydrogen-bond donors (Lipinski definition) is 7. The van der Waals surface area contributed by atoms with Crippen molar-refractivity contribution >= 4 is 16.4 Å². The van der Waals surface area contributed by atoms with E-state index in [1.807, 2.05) is 6.08 Å². The second kappa shape index (κ2) is 20.2. The van der Waals surface area contributed by atoms with Gasteiger partial charge in [-0.3, -0.25) is 9.35 Å². The van der Waals surface area contributed by atoms with Crippen LogP contribution in [-0.2, 0) is 28.9 Å². The Morgan fingerprint density at radius 3 is 2.26 bits per heavy atom. The summed E-state index contributed by atoms with van der Waals surface area (Å²) in [5.74, 6) is -1.04. The SMILES string of the molecule is CC1CCCC2=CCCC(C)C23CCC2=CC3CC/C=C\[C@H](OC(=O)C[C@@H](O)C[C@@H](O)C2)[C@H](O)C(C)CC2OC(C(C)CC(O)CC1)C(O)C(O)C2OS(=O)(=O)O. The zero-order chi connectivity index (χ0) is 41.7. The van der Waals surface area contributed by atoms with Crippen LogP contribution >= 0.6 is 0 Å². The number of rotatable bonds is 2. The predicted molar refractivity (Wildman–Crippen MR) is 213 cm³/mol. The lowest BCUT2D eigenvalue weighted by Crippen LogP contribution is -2.61. The van der Waals surface area contributed by atoms with Crippen LogP contribution in [0.15, 0.2) is 35.5 Å². The molecule has 5 rings (SSSR count). The van der Waals surface area contributed by atoms with Crippen LogP contribution in [0.4, 0.5) is 0 Å². The van der Waals surface area contributed by atoms with Crippen LogP contribution in [-0.4, -0.2) is 111 Å². The van der Waals surface area contributed by atoms with E-state index in [1.54, 1.807) is 19.9 Å². The third-order valence-corrected chi connectivity index (χ3v) is 14.4. The van der Waals surface area contributed by atoms with Crippen molar-refractivity contribution in [1.29, 1.82) is 0 Å². The quantitative estimate of drug-likeness (QED) is 0.112. The Morgan fingerprint density at radius 1 is 0.789 bits per heavy atom. The van der Waals surface area contributed by atoms with Crippen molar-refractivity contribution in [2.24, 2.45) is 35.0 Å². The smallest absolute Gasteiger partial charge is 0.397 e. The Labute approximate surface area is 339 Å². The summed E-state index contributed by atoms with van der Waals surface area (Å²) in [6.07, 6.45) is 5.49. The molecule has 12 unspecified atom stereocenters. The minimum absolute atomic E-state index is 0.0135. The molecule has 5 aliphatic rings. The van der Waals surface area contributed by atoms with Gasteiger partial charge < -0.3 is 40.1 Å². The van der Waals surface area contributed by atoms with Crippen molar-refractivity contribution < 1.29 is 62.1 Å². The molecule has 0 aromatic carbocycles. The number of aliphatic hydroxyl groups excluding tert-OH is 6. The number of ether oxygens (including phenoxy) is 2. The van der Waals surface area contributed by atoms with E-state index in [0.29, 0.717) is 31.1 Å². The average Bonchev–Trinajstić information content (AvgIpc) is 3.12. The zero-order valence-electron chi connectivity index (χ0n) is 34.3. The second-order valence-electron chi connectivity index (χ2n) is 18.3. The lowest BCUT2D eigenvalue weighted by atomic mass is 9.53. The number of esters is 1. The van der Waals surface area contributed by atoms with Gasteiger partial charge >= 0.3 is 16.4 Å². The van der Waals surface area contributed by atoms with Crippen molar-refractivity contribution in [3.8, 4) is 0 Å². The highest BCUT2D eigenvalue weighted by molar-refractivity contribution is 7.80. The van der Waals surface area contributed by atoms with Crippen LogP contribution in [0.1, 0.15) is 130 Å². The molecule has 0 amide bonds. The van der Waals surface area contributed by atoms with Gasteiger partial charge in [0.15, 0.2) is 0 Å². The van der Waals surface area contributed by atoms with E-state index in [0.717, 1.165) is 57.8 Å². The first-order valence-electron chi connectivity index (χ1n) is 21.5. The van der Waals surface area contributed by atoms with Crippen molar-refractivity contribution in [3.05, 3.63) is 35.5 Å². The summed E-state index contributed by atoms with van der Waals surface area (Å²) in [5.41, 5.74) is 2.65. The maximum absolute atomic E-state index is 13.2. The molecule has 14 heteroatoms. The van der Waals surface area contributed by atoms with E-state index in [4.69, 9.17) is 13.7 Å². The molecule has 0 radical (unpaired) electrons. The third kappa shape index (κ3) is 12.0. The van der Waals surface area contributed by atoms with Gasteiger partial charge in [-0.2, -0.15) is 8.42 Å². The fraction of sp³-hybridized carbons (Fsp3) is 0.837. The Hall–Kier alpha value is -1.72. The first-order chi connectivity index (χ1) is 26.9. The molecular weight excluding hydrogens is 757 g/mol. The molecular formula is C43H70O13S. The fourth-order valence-corrected chi connectivity index (χ4v) is 11.3. The van der Waals surface area contributed by atoms with E-state index in [1.165, 1.54) is 11.1 Å². The highest BCUT2D eigenvalue weighted by Gasteiger charge is 2.50. The van der Waals surface area contributed by atoms with Crippen molar-refractivity contribution in [3.63, 3.8) is 0 Å². The van der Waals surface area contributed by atoms with Crippen LogP contribution in [0.2, 0.25) is 0 Å². The van der Waals surface area contributed by atoms with Gasteiger partial charge in [-0.15, -0.1) is 0 Å². The summed E-state index contributed by atoms with van der Waals surface area (Å²) < 4.78 is 50.3. The summed E-state index contributed by atoms with van der Waals surface area (Å²) >= 11 is 0. The summed E-state index contributed by atoms with van der Waals surface area (Å²) in [7, 11) is -5.11. The van der Waals surface area contributed by atoms with Crippen molar-refractivity contribution in [2.45, 2.75) is 191 Å². The molecule has 3 heterocycles. The minimum atomic E-state index is -5.11. The van der Waals surface area contributed by atoms with E-state index < -0.39 is 95.7 Å². The molecule has 0 saturated carbocycles. The number of aliphatic hydroxyl groups is 6.